The number of carbonyl (C=O) groups is 1. The topological polar surface area (TPSA) is 38.3 Å². The molecule has 3 heteroatoms. The van der Waals surface area contributed by atoms with Crippen LogP contribution < -0.4 is 5.32 Å². The molecule has 0 saturated carbocycles. The van der Waals surface area contributed by atoms with Gasteiger partial charge < -0.3 is 4.74 Å². The molecule has 1 saturated heterocycles. The van der Waals surface area contributed by atoms with Gasteiger partial charge in [0.15, 0.2) is 0 Å². The van der Waals surface area contributed by atoms with Crippen molar-refractivity contribution in [3.63, 3.8) is 0 Å². The Morgan fingerprint density at radius 1 is 1.29 bits per heavy atom. The Balaban J connectivity index is 1.94. The van der Waals surface area contributed by atoms with Gasteiger partial charge in [0, 0.05) is 6.04 Å². The van der Waals surface area contributed by atoms with Crippen molar-refractivity contribution in [2.24, 2.45) is 0 Å². The van der Waals surface area contributed by atoms with Crippen LogP contribution >= 0.6 is 0 Å². The Morgan fingerprint density at radius 2 is 2.00 bits per heavy atom. The molecule has 1 aliphatic rings. The van der Waals surface area contributed by atoms with E-state index in [9.17, 15) is 4.79 Å². The van der Waals surface area contributed by atoms with E-state index in [0.717, 1.165) is 12.8 Å². The smallest absolute Gasteiger partial charge is 0.323 e. The fourth-order valence-corrected chi connectivity index (χ4v) is 2.19. The summed E-state index contributed by atoms with van der Waals surface area (Å²) in [6.45, 7) is 3.75. The molecule has 92 valence electrons. The fraction of sp³-hybridized carbons (Fsp3) is 0.500. The maximum Gasteiger partial charge on any atom is 0.323 e. The number of esters is 1. The number of rotatable bonds is 3. The van der Waals surface area contributed by atoms with Crippen molar-refractivity contribution in [3.8, 4) is 0 Å². The predicted octanol–water partition coefficient (Wildman–Crippen LogP) is 2.43. The summed E-state index contributed by atoms with van der Waals surface area (Å²) < 4.78 is 5.22. The van der Waals surface area contributed by atoms with Gasteiger partial charge in [-0.3, -0.25) is 10.1 Å². The quantitative estimate of drug-likeness (QED) is 0.815. The molecule has 1 aromatic rings. The van der Waals surface area contributed by atoms with Gasteiger partial charge in [0.05, 0.1) is 6.10 Å². The van der Waals surface area contributed by atoms with Crippen LogP contribution in [-0.4, -0.2) is 18.1 Å². The average molecular weight is 233 g/mol. The van der Waals surface area contributed by atoms with Crippen molar-refractivity contribution in [2.45, 2.75) is 44.9 Å². The van der Waals surface area contributed by atoms with Crippen LogP contribution in [-0.2, 0) is 9.53 Å². The van der Waals surface area contributed by atoms with E-state index in [1.54, 1.807) is 0 Å². The first-order valence-electron chi connectivity index (χ1n) is 6.18. The number of hydrogen-bond donors (Lipinski definition) is 1. The van der Waals surface area contributed by atoms with Crippen LogP contribution in [0.3, 0.4) is 0 Å². The van der Waals surface area contributed by atoms with Crippen molar-refractivity contribution >= 4 is 5.97 Å². The van der Waals surface area contributed by atoms with Gasteiger partial charge in [-0.25, -0.2) is 0 Å². The molecule has 2 rings (SSSR count). The molecule has 0 amide bonds. The van der Waals surface area contributed by atoms with Gasteiger partial charge in [-0.1, -0.05) is 30.3 Å². The minimum absolute atomic E-state index is 0.0416. The van der Waals surface area contributed by atoms with Gasteiger partial charge in [-0.15, -0.1) is 0 Å². The van der Waals surface area contributed by atoms with Crippen molar-refractivity contribution in [3.05, 3.63) is 35.9 Å². The fourth-order valence-electron chi connectivity index (χ4n) is 2.19. The normalized spacial score (nSPS) is 23.9. The van der Waals surface area contributed by atoms with Crippen LogP contribution in [0.25, 0.3) is 0 Å². The second-order valence-corrected chi connectivity index (χ2v) is 4.75. The molecule has 2 atom stereocenters. The monoisotopic (exact) mass is 233 g/mol. The molecular formula is C14H19NO2. The highest BCUT2D eigenvalue weighted by atomic mass is 16.5. The Bertz CT molecular complexity index is 375. The summed E-state index contributed by atoms with van der Waals surface area (Å²) in [7, 11) is 0. The van der Waals surface area contributed by atoms with E-state index in [0.29, 0.717) is 0 Å². The maximum atomic E-state index is 11.7. The van der Waals surface area contributed by atoms with E-state index in [4.69, 9.17) is 4.74 Å². The maximum absolute atomic E-state index is 11.7. The van der Waals surface area contributed by atoms with Crippen molar-refractivity contribution in [1.82, 2.24) is 5.32 Å². The van der Waals surface area contributed by atoms with Crippen LogP contribution in [0.4, 0.5) is 0 Å². The van der Waals surface area contributed by atoms with Gasteiger partial charge in [-0.2, -0.15) is 0 Å². The minimum Gasteiger partial charge on any atom is -0.462 e. The number of nitrogens with one attached hydrogen (secondary N) is 1. The number of ether oxygens (including phenoxy) is 1. The van der Waals surface area contributed by atoms with E-state index < -0.39 is 0 Å². The van der Waals surface area contributed by atoms with Crippen LogP contribution in [0.2, 0.25) is 0 Å². The van der Waals surface area contributed by atoms with Gasteiger partial charge in [0.1, 0.15) is 6.04 Å². The first-order chi connectivity index (χ1) is 8.16. The summed E-state index contributed by atoms with van der Waals surface area (Å²) in [6, 6.07) is 10.4. The second kappa shape index (κ2) is 5.32. The second-order valence-electron chi connectivity index (χ2n) is 4.75. The zero-order chi connectivity index (χ0) is 12.3. The lowest BCUT2D eigenvalue weighted by Crippen LogP contribution is -2.35. The third kappa shape index (κ3) is 3.07. The zero-order valence-electron chi connectivity index (χ0n) is 10.3. The third-order valence-electron chi connectivity index (χ3n) is 2.98. The van der Waals surface area contributed by atoms with Crippen LogP contribution in [0, 0.1) is 0 Å². The molecule has 17 heavy (non-hydrogen) atoms. The Kier molecular flexibility index (Phi) is 3.79. The Hall–Kier alpha value is -1.35. The first-order valence-corrected chi connectivity index (χ1v) is 6.18. The highest BCUT2D eigenvalue weighted by Gasteiger charge is 2.31. The summed E-state index contributed by atoms with van der Waals surface area (Å²) in [5.74, 6) is -0.126. The van der Waals surface area contributed by atoms with Gasteiger partial charge >= 0.3 is 5.97 Å². The number of carbonyl (C=O) groups excluding carboxylic acids is 1. The molecule has 1 aromatic carbocycles. The molecule has 1 fully saturated rings. The van der Waals surface area contributed by atoms with Crippen molar-refractivity contribution in [2.75, 3.05) is 0 Å². The Morgan fingerprint density at radius 3 is 2.65 bits per heavy atom. The third-order valence-corrected chi connectivity index (χ3v) is 2.98. The summed E-state index contributed by atoms with van der Waals surface area (Å²) >= 11 is 0. The molecule has 0 bridgehead atoms. The molecule has 3 nitrogen and oxygen atoms in total. The lowest BCUT2D eigenvalue weighted by Gasteiger charge is -2.15. The van der Waals surface area contributed by atoms with Crippen LogP contribution in [0.5, 0.6) is 0 Å². The largest absolute Gasteiger partial charge is 0.462 e. The van der Waals surface area contributed by atoms with E-state index in [1.807, 2.05) is 32.0 Å². The summed E-state index contributed by atoms with van der Waals surface area (Å²) in [4.78, 5) is 11.7. The summed E-state index contributed by atoms with van der Waals surface area (Å²) in [5, 5.41) is 3.34. The van der Waals surface area contributed by atoms with Crippen LogP contribution in [0.1, 0.15) is 38.3 Å². The van der Waals surface area contributed by atoms with Gasteiger partial charge in [0.2, 0.25) is 0 Å². The highest BCUT2D eigenvalue weighted by molar-refractivity contribution is 5.76. The van der Waals surface area contributed by atoms with Gasteiger partial charge in [-0.05, 0) is 32.3 Å². The number of hydrogen-bond acceptors (Lipinski definition) is 3. The number of benzene rings is 1. The van der Waals surface area contributed by atoms with Crippen molar-refractivity contribution < 1.29 is 9.53 Å². The van der Waals surface area contributed by atoms with Crippen LogP contribution in [0.15, 0.2) is 30.3 Å². The van der Waals surface area contributed by atoms with E-state index in [-0.39, 0.29) is 24.2 Å². The average Bonchev–Trinajstić information content (AvgIpc) is 2.78. The SMILES string of the molecule is CC(C)OC(=O)[C@@H]1CC[C@H](c2ccccc2)N1. The first kappa shape index (κ1) is 12.1. The van der Waals surface area contributed by atoms with E-state index in [1.165, 1.54) is 5.56 Å². The summed E-state index contributed by atoms with van der Waals surface area (Å²) in [5.41, 5.74) is 1.24. The molecule has 1 heterocycles. The molecule has 0 aliphatic carbocycles. The van der Waals surface area contributed by atoms with Gasteiger partial charge in [0.25, 0.3) is 0 Å². The zero-order valence-corrected chi connectivity index (χ0v) is 10.3. The van der Waals surface area contributed by atoms with E-state index in [2.05, 4.69) is 17.4 Å². The van der Waals surface area contributed by atoms with E-state index >= 15 is 0 Å². The molecule has 1 aliphatic heterocycles. The molecule has 0 aromatic heterocycles. The Labute approximate surface area is 102 Å². The standard InChI is InChI=1S/C14H19NO2/c1-10(2)17-14(16)13-9-8-12(15-13)11-6-4-3-5-7-11/h3-7,10,12-13,15H,8-9H2,1-2H3/t12-,13+/m1/s1. The predicted molar refractivity (Wildman–Crippen MR) is 66.6 cm³/mol. The minimum atomic E-state index is -0.150. The lowest BCUT2D eigenvalue weighted by molar-refractivity contribution is -0.149. The summed E-state index contributed by atoms with van der Waals surface area (Å²) in [6.07, 6.45) is 1.80. The molecular weight excluding hydrogens is 214 g/mol. The lowest BCUT2D eigenvalue weighted by atomic mass is 10.1. The molecule has 0 unspecified atom stereocenters. The highest BCUT2D eigenvalue weighted by Crippen LogP contribution is 2.26. The molecule has 1 N–H and O–H groups in total. The molecule has 0 spiro atoms. The van der Waals surface area contributed by atoms with Crippen molar-refractivity contribution in [1.29, 1.82) is 0 Å². The molecule has 0 radical (unpaired) electrons.